The minimum Gasteiger partial charge on any atom is -0.464 e. The van der Waals surface area contributed by atoms with Crippen LogP contribution in [0.3, 0.4) is 0 Å². The van der Waals surface area contributed by atoms with Crippen LogP contribution in [0.2, 0.25) is 0 Å². The zero-order valence-corrected chi connectivity index (χ0v) is 16.5. The van der Waals surface area contributed by atoms with E-state index in [9.17, 15) is 14.4 Å². The van der Waals surface area contributed by atoms with Crippen molar-refractivity contribution in [2.75, 3.05) is 26.1 Å². The maximum absolute atomic E-state index is 12.9. The second-order valence-corrected chi connectivity index (χ2v) is 7.15. The molecule has 0 saturated carbocycles. The molecule has 0 spiro atoms. The zero-order chi connectivity index (χ0) is 20.3. The van der Waals surface area contributed by atoms with Crippen molar-refractivity contribution in [3.8, 4) is 0 Å². The molecule has 2 heterocycles. The van der Waals surface area contributed by atoms with Gasteiger partial charge in [-0.05, 0) is 13.0 Å². The molecule has 2 aromatic heterocycles. The maximum Gasteiger partial charge on any atom is 0.357 e. The minimum absolute atomic E-state index is 0.165. The minimum atomic E-state index is -0.562. The van der Waals surface area contributed by atoms with E-state index in [4.69, 9.17) is 4.74 Å². The summed E-state index contributed by atoms with van der Waals surface area (Å²) in [7, 11) is 2.82. The fourth-order valence-corrected chi connectivity index (χ4v) is 3.58. The fraction of sp³-hybridized carbons (Fsp3) is 0.263. The zero-order valence-electron chi connectivity index (χ0n) is 15.6. The van der Waals surface area contributed by atoms with Gasteiger partial charge >= 0.3 is 5.97 Å². The Morgan fingerprint density at radius 1 is 1.21 bits per heavy atom. The Kier molecular flexibility index (Phi) is 5.86. The van der Waals surface area contributed by atoms with Crippen molar-refractivity contribution in [1.82, 2.24) is 9.55 Å². The topological polar surface area (TPSA) is 99.5 Å². The number of esters is 1. The lowest BCUT2D eigenvalue weighted by Gasteiger charge is -2.11. The third-order valence-electron chi connectivity index (χ3n) is 4.17. The van der Waals surface area contributed by atoms with Crippen LogP contribution >= 0.6 is 11.3 Å². The average molecular weight is 401 g/mol. The molecule has 0 saturated heterocycles. The normalized spacial score (nSPS) is 10.8. The van der Waals surface area contributed by atoms with Gasteiger partial charge in [0.25, 0.3) is 11.5 Å². The largest absolute Gasteiger partial charge is 0.464 e. The van der Waals surface area contributed by atoms with Crippen molar-refractivity contribution in [1.29, 1.82) is 0 Å². The number of methoxy groups -OCH3 is 2. The highest BCUT2D eigenvalue weighted by molar-refractivity contribution is 7.16. The number of anilines is 1. The van der Waals surface area contributed by atoms with Crippen molar-refractivity contribution in [3.63, 3.8) is 0 Å². The van der Waals surface area contributed by atoms with E-state index in [1.807, 2.05) is 0 Å². The highest BCUT2D eigenvalue weighted by atomic mass is 32.1. The van der Waals surface area contributed by atoms with E-state index in [0.29, 0.717) is 34.4 Å². The van der Waals surface area contributed by atoms with E-state index >= 15 is 0 Å². The number of hydrogen-bond acceptors (Lipinski definition) is 7. The number of carbonyl (C=O) groups is 2. The first-order valence-electron chi connectivity index (χ1n) is 8.44. The Morgan fingerprint density at radius 3 is 2.61 bits per heavy atom. The van der Waals surface area contributed by atoms with Crippen LogP contribution in [0.25, 0.3) is 10.8 Å². The molecule has 0 bridgehead atoms. The number of amides is 1. The number of pyridine rings is 1. The molecule has 0 atom stereocenters. The standard InChI is InChI=1S/C19H19N3O5S/c1-11-15(18(25)27-3)20-19(28-11)21-16(23)14-10-22(8-9-26-2)17(24)13-7-5-4-6-12(13)14/h4-7,10H,8-9H2,1-3H3,(H,20,21,23). The molecule has 0 aliphatic rings. The van der Waals surface area contributed by atoms with Gasteiger partial charge in [0.05, 0.1) is 19.3 Å². The van der Waals surface area contributed by atoms with Crippen LogP contribution in [0.4, 0.5) is 5.13 Å². The van der Waals surface area contributed by atoms with Gasteiger partial charge in [0, 0.05) is 35.5 Å². The number of aryl methyl sites for hydroxylation is 1. The number of ether oxygens (including phenoxy) is 2. The third-order valence-corrected chi connectivity index (χ3v) is 5.06. The number of rotatable bonds is 6. The van der Waals surface area contributed by atoms with Crippen LogP contribution in [0.1, 0.15) is 25.7 Å². The van der Waals surface area contributed by atoms with Crippen LogP contribution < -0.4 is 10.9 Å². The Labute approximate surface area is 164 Å². The van der Waals surface area contributed by atoms with Crippen molar-refractivity contribution in [2.45, 2.75) is 13.5 Å². The first-order valence-corrected chi connectivity index (χ1v) is 9.26. The maximum atomic E-state index is 12.9. The van der Waals surface area contributed by atoms with Crippen molar-refractivity contribution < 1.29 is 19.1 Å². The van der Waals surface area contributed by atoms with Crippen LogP contribution in [-0.2, 0) is 16.0 Å². The lowest BCUT2D eigenvalue weighted by molar-refractivity contribution is 0.0594. The lowest BCUT2D eigenvalue weighted by Crippen LogP contribution is -2.25. The first-order chi connectivity index (χ1) is 13.5. The van der Waals surface area contributed by atoms with E-state index in [1.165, 1.54) is 29.2 Å². The number of carbonyl (C=O) groups excluding carboxylic acids is 2. The van der Waals surface area contributed by atoms with Gasteiger partial charge in [0.2, 0.25) is 0 Å². The molecule has 1 amide bonds. The highest BCUT2D eigenvalue weighted by Gasteiger charge is 2.19. The lowest BCUT2D eigenvalue weighted by atomic mass is 10.1. The van der Waals surface area contributed by atoms with Crippen molar-refractivity contribution in [3.05, 3.63) is 57.0 Å². The summed E-state index contributed by atoms with van der Waals surface area (Å²) in [6.45, 7) is 2.39. The molecule has 1 N–H and O–H groups in total. The predicted octanol–water partition coefficient (Wildman–Crippen LogP) is 2.45. The van der Waals surface area contributed by atoms with Crippen LogP contribution in [-0.4, -0.2) is 42.3 Å². The monoisotopic (exact) mass is 401 g/mol. The summed E-state index contributed by atoms with van der Waals surface area (Å²) in [5.74, 6) is -0.986. The summed E-state index contributed by atoms with van der Waals surface area (Å²) in [5, 5.41) is 3.97. The Morgan fingerprint density at radius 2 is 1.93 bits per heavy atom. The highest BCUT2D eigenvalue weighted by Crippen LogP contribution is 2.24. The second-order valence-electron chi connectivity index (χ2n) is 5.95. The number of hydrogen-bond donors (Lipinski definition) is 1. The summed E-state index contributed by atoms with van der Waals surface area (Å²) in [5.41, 5.74) is 0.304. The molecule has 0 radical (unpaired) electrons. The van der Waals surface area contributed by atoms with Gasteiger partial charge in [0.15, 0.2) is 10.8 Å². The second kappa shape index (κ2) is 8.32. The number of nitrogens with zero attached hydrogens (tertiary/aromatic N) is 2. The summed E-state index contributed by atoms with van der Waals surface area (Å²) in [6.07, 6.45) is 1.51. The molecule has 8 nitrogen and oxygen atoms in total. The molecule has 3 aromatic rings. The molecule has 1 aromatic carbocycles. The number of thiazole rings is 1. The first kappa shape index (κ1) is 19.7. The van der Waals surface area contributed by atoms with Gasteiger partial charge in [-0.15, -0.1) is 11.3 Å². The average Bonchev–Trinajstić information content (AvgIpc) is 3.06. The SMILES string of the molecule is COCCn1cc(C(=O)Nc2nc(C(=O)OC)c(C)s2)c2ccccc2c1=O. The van der Waals surface area contributed by atoms with Gasteiger partial charge in [-0.1, -0.05) is 18.2 Å². The smallest absolute Gasteiger partial charge is 0.357 e. The molecule has 3 rings (SSSR count). The molecule has 0 aliphatic carbocycles. The summed E-state index contributed by atoms with van der Waals surface area (Å²) < 4.78 is 11.2. The van der Waals surface area contributed by atoms with Gasteiger partial charge < -0.3 is 14.0 Å². The van der Waals surface area contributed by atoms with E-state index in [0.717, 1.165) is 0 Å². The molecular weight excluding hydrogens is 382 g/mol. The van der Waals surface area contributed by atoms with E-state index in [1.54, 1.807) is 38.3 Å². The van der Waals surface area contributed by atoms with Crippen molar-refractivity contribution >= 4 is 39.1 Å². The van der Waals surface area contributed by atoms with Gasteiger partial charge in [-0.2, -0.15) is 0 Å². The summed E-state index contributed by atoms with van der Waals surface area (Å²) >= 11 is 1.18. The Bertz CT molecular complexity index is 1100. The Hall–Kier alpha value is -3.04. The summed E-state index contributed by atoms with van der Waals surface area (Å²) in [6, 6.07) is 6.92. The molecule has 9 heteroatoms. The van der Waals surface area contributed by atoms with E-state index < -0.39 is 11.9 Å². The molecular formula is C19H19N3O5S. The third kappa shape index (κ3) is 3.80. The van der Waals surface area contributed by atoms with Crippen LogP contribution in [0.5, 0.6) is 0 Å². The fourth-order valence-electron chi connectivity index (χ4n) is 2.78. The number of fused-ring (bicyclic) bond motifs is 1. The molecule has 0 unspecified atom stereocenters. The van der Waals surface area contributed by atoms with Gasteiger partial charge in [-0.25, -0.2) is 9.78 Å². The Balaban J connectivity index is 2.00. The van der Waals surface area contributed by atoms with Gasteiger partial charge in [0.1, 0.15) is 0 Å². The molecule has 146 valence electrons. The van der Waals surface area contributed by atoms with Crippen LogP contribution in [0.15, 0.2) is 35.3 Å². The molecule has 0 fully saturated rings. The predicted molar refractivity (Wildman–Crippen MR) is 106 cm³/mol. The van der Waals surface area contributed by atoms with Gasteiger partial charge in [-0.3, -0.25) is 14.9 Å². The molecule has 0 aliphatic heterocycles. The number of nitrogens with one attached hydrogen (secondary N) is 1. The number of benzene rings is 1. The quantitative estimate of drug-likeness (QED) is 0.637. The summed E-state index contributed by atoms with van der Waals surface area (Å²) in [4.78, 5) is 42.1. The van der Waals surface area contributed by atoms with E-state index in [2.05, 4.69) is 15.0 Å². The van der Waals surface area contributed by atoms with Crippen LogP contribution in [0, 0.1) is 6.92 Å². The number of aromatic nitrogens is 2. The molecule has 28 heavy (non-hydrogen) atoms. The van der Waals surface area contributed by atoms with Crippen molar-refractivity contribution in [2.24, 2.45) is 0 Å². The van der Waals surface area contributed by atoms with E-state index in [-0.39, 0.29) is 16.4 Å².